The van der Waals surface area contributed by atoms with E-state index in [2.05, 4.69) is 5.32 Å². The molecule has 25 heavy (non-hydrogen) atoms. The van der Waals surface area contributed by atoms with Crippen LogP contribution >= 0.6 is 22.1 Å². The maximum absolute atomic E-state index is 12.4. The Bertz CT molecular complexity index is 756. The summed E-state index contributed by atoms with van der Waals surface area (Å²) in [6.45, 7) is 3.59. The van der Waals surface area contributed by atoms with Crippen LogP contribution in [0.25, 0.3) is 0 Å². The number of rotatable bonds is 7. The summed E-state index contributed by atoms with van der Waals surface area (Å²) >= 11 is 1.34. The first-order chi connectivity index (χ1) is 11.8. The second kappa shape index (κ2) is 8.52. The van der Waals surface area contributed by atoms with Gasteiger partial charge in [0.05, 0.1) is 12.2 Å². The standard InChI is InChI=1S/C15H21NO6S3/c1-3-10(24-25(19,20)21)13(17)16-14-12(15(18)22-4-2)9-7-5-6-8-11(9)23-14/h10H,3-8H2,1-2H3,(H,16,17)(H,19,20,21). The lowest BCUT2D eigenvalue weighted by molar-refractivity contribution is -0.115. The molecule has 1 heterocycles. The number of esters is 1. The molecule has 0 radical (unpaired) electrons. The fourth-order valence-electron chi connectivity index (χ4n) is 2.71. The van der Waals surface area contributed by atoms with Crippen LogP contribution in [0, 0.1) is 0 Å². The Morgan fingerprint density at radius 2 is 2.00 bits per heavy atom. The van der Waals surface area contributed by atoms with Crippen molar-refractivity contribution in [3.05, 3.63) is 16.0 Å². The number of aryl methyl sites for hydroxylation is 1. The predicted molar refractivity (Wildman–Crippen MR) is 98.8 cm³/mol. The molecule has 1 amide bonds. The van der Waals surface area contributed by atoms with Gasteiger partial charge in [0.1, 0.15) is 10.3 Å². The lowest BCUT2D eigenvalue weighted by atomic mass is 9.95. The van der Waals surface area contributed by atoms with Crippen LogP contribution in [0.1, 0.15) is 53.9 Å². The van der Waals surface area contributed by atoms with Crippen molar-refractivity contribution >= 4 is 48.2 Å². The van der Waals surface area contributed by atoms with E-state index in [1.54, 1.807) is 13.8 Å². The van der Waals surface area contributed by atoms with Gasteiger partial charge in [0.15, 0.2) is 0 Å². The van der Waals surface area contributed by atoms with E-state index in [1.807, 2.05) is 0 Å². The smallest absolute Gasteiger partial charge is 0.341 e. The van der Waals surface area contributed by atoms with E-state index >= 15 is 0 Å². The summed E-state index contributed by atoms with van der Waals surface area (Å²) in [6.07, 6.45) is 3.82. The molecule has 1 aromatic rings. The molecule has 0 fully saturated rings. The second-order valence-corrected chi connectivity index (χ2v) is 10.1. The van der Waals surface area contributed by atoms with E-state index in [-0.39, 0.29) is 23.8 Å². The molecule has 0 saturated carbocycles. The largest absolute Gasteiger partial charge is 0.462 e. The molecule has 0 spiro atoms. The van der Waals surface area contributed by atoms with Crippen molar-refractivity contribution in [2.75, 3.05) is 11.9 Å². The van der Waals surface area contributed by atoms with Crippen molar-refractivity contribution in [2.45, 2.75) is 51.2 Å². The normalized spacial score (nSPS) is 15.3. The van der Waals surface area contributed by atoms with Crippen molar-refractivity contribution in [3.8, 4) is 0 Å². The molecule has 0 aromatic carbocycles. The van der Waals surface area contributed by atoms with E-state index in [4.69, 9.17) is 9.29 Å². The van der Waals surface area contributed by atoms with E-state index in [9.17, 15) is 18.0 Å². The maximum Gasteiger partial charge on any atom is 0.341 e. The number of hydrogen-bond acceptors (Lipinski definition) is 7. The Morgan fingerprint density at radius 3 is 2.60 bits per heavy atom. The molecule has 10 heteroatoms. The summed E-state index contributed by atoms with van der Waals surface area (Å²) in [5, 5.41) is 2.09. The molecule has 0 bridgehead atoms. The number of carbonyl (C=O) groups excluding carboxylic acids is 2. The predicted octanol–water partition coefficient (Wildman–Crippen LogP) is 3.06. The van der Waals surface area contributed by atoms with E-state index < -0.39 is 26.3 Å². The number of nitrogens with one attached hydrogen (secondary N) is 1. The quantitative estimate of drug-likeness (QED) is 0.406. The number of anilines is 1. The Kier molecular flexibility index (Phi) is 6.89. The van der Waals surface area contributed by atoms with Crippen LogP contribution in [-0.4, -0.2) is 36.7 Å². The summed E-state index contributed by atoms with van der Waals surface area (Å²) in [4.78, 5) is 25.8. The van der Waals surface area contributed by atoms with Gasteiger partial charge in [-0.2, -0.15) is 8.42 Å². The lowest BCUT2D eigenvalue weighted by Gasteiger charge is -2.14. The highest BCUT2D eigenvalue weighted by molar-refractivity contribution is 8.70. The highest BCUT2D eigenvalue weighted by atomic mass is 33.1. The minimum Gasteiger partial charge on any atom is -0.462 e. The summed E-state index contributed by atoms with van der Waals surface area (Å²) in [6, 6.07) is 0. The summed E-state index contributed by atoms with van der Waals surface area (Å²) < 4.78 is 36.2. The van der Waals surface area contributed by atoms with Crippen LogP contribution in [-0.2, 0) is 31.5 Å². The molecule has 2 N–H and O–H groups in total. The first-order valence-corrected chi connectivity index (χ1v) is 11.7. The number of hydrogen-bond donors (Lipinski definition) is 2. The molecule has 1 atom stereocenters. The van der Waals surface area contributed by atoms with Crippen LogP contribution in [0.3, 0.4) is 0 Å². The van der Waals surface area contributed by atoms with Crippen LogP contribution in [0.15, 0.2) is 0 Å². The molecule has 1 aromatic heterocycles. The molecule has 0 aliphatic heterocycles. The molecule has 7 nitrogen and oxygen atoms in total. The zero-order chi connectivity index (χ0) is 18.6. The van der Waals surface area contributed by atoms with Crippen molar-refractivity contribution in [1.82, 2.24) is 0 Å². The number of fused-ring (bicyclic) bond motifs is 1. The van der Waals surface area contributed by atoms with Gasteiger partial charge in [0, 0.05) is 15.7 Å². The summed E-state index contributed by atoms with van der Waals surface area (Å²) in [5.41, 5.74) is 1.29. The highest BCUT2D eigenvalue weighted by Gasteiger charge is 2.30. The molecule has 2 rings (SSSR count). The summed E-state index contributed by atoms with van der Waals surface area (Å²) in [5.74, 6) is -1.04. The Morgan fingerprint density at radius 1 is 1.32 bits per heavy atom. The molecule has 140 valence electrons. The summed E-state index contributed by atoms with van der Waals surface area (Å²) in [7, 11) is -4.15. The minimum atomic E-state index is -4.34. The third kappa shape index (κ3) is 5.19. The zero-order valence-electron chi connectivity index (χ0n) is 14.0. The van der Waals surface area contributed by atoms with E-state index in [1.165, 1.54) is 11.3 Å². The molecule has 1 aliphatic carbocycles. The van der Waals surface area contributed by atoms with Crippen molar-refractivity contribution in [2.24, 2.45) is 0 Å². The van der Waals surface area contributed by atoms with Gasteiger partial charge in [-0.1, -0.05) is 6.92 Å². The van der Waals surface area contributed by atoms with Gasteiger partial charge in [-0.05, 0) is 44.6 Å². The number of thiophene rings is 1. The van der Waals surface area contributed by atoms with Crippen LogP contribution in [0.4, 0.5) is 5.00 Å². The SMILES string of the molecule is CCOC(=O)c1c(NC(=O)C(CC)SS(=O)(=O)O)sc2c1CCCC2. The topological polar surface area (TPSA) is 110 Å². The zero-order valence-corrected chi connectivity index (χ0v) is 16.5. The van der Waals surface area contributed by atoms with Crippen molar-refractivity contribution < 1.29 is 27.3 Å². The monoisotopic (exact) mass is 407 g/mol. The third-order valence-corrected chi connectivity index (χ3v) is 7.45. The van der Waals surface area contributed by atoms with Gasteiger partial charge in [0.25, 0.3) is 0 Å². The first kappa shape index (κ1) is 20.2. The maximum atomic E-state index is 12.4. The van der Waals surface area contributed by atoms with Crippen molar-refractivity contribution in [1.29, 1.82) is 0 Å². The molecule has 1 unspecified atom stereocenters. The molecule has 0 saturated heterocycles. The Labute approximate surface area is 154 Å². The van der Waals surface area contributed by atoms with Gasteiger partial charge < -0.3 is 10.1 Å². The first-order valence-electron chi connectivity index (χ1n) is 8.05. The third-order valence-electron chi connectivity index (χ3n) is 3.79. The van der Waals surface area contributed by atoms with Crippen LogP contribution < -0.4 is 5.32 Å². The van der Waals surface area contributed by atoms with Crippen molar-refractivity contribution in [3.63, 3.8) is 0 Å². The average molecular weight is 408 g/mol. The molecule has 1 aliphatic rings. The van der Waals surface area contributed by atoms with Gasteiger partial charge >= 0.3 is 15.1 Å². The van der Waals surface area contributed by atoms with Gasteiger partial charge in [-0.25, -0.2) is 4.79 Å². The fourth-order valence-corrected chi connectivity index (χ4v) is 6.12. The second-order valence-electron chi connectivity index (χ2n) is 5.55. The lowest BCUT2D eigenvalue weighted by Crippen LogP contribution is -2.26. The Balaban J connectivity index is 2.30. The Hall–Kier alpha value is -1.10. The van der Waals surface area contributed by atoms with E-state index in [0.29, 0.717) is 10.6 Å². The molecular weight excluding hydrogens is 386 g/mol. The van der Waals surface area contributed by atoms with Crippen LogP contribution in [0.5, 0.6) is 0 Å². The number of amides is 1. The minimum absolute atomic E-state index is 0.193. The molecular formula is C15H21NO6S3. The van der Waals surface area contributed by atoms with Gasteiger partial charge in [0.2, 0.25) is 5.91 Å². The van der Waals surface area contributed by atoms with E-state index in [0.717, 1.165) is 36.1 Å². The number of carbonyl (C=O) groups is 2. The van der Waals surface area contributed by atoms with Gasteiger partial charge in [-0.3, -0.25) is 9.35 Å². The highest BCUT2D eigenvalue weighted by Crippen LogP contribution is 2.39. The van der Waals surface area contributed by atoms with Gasteiger partial charge in [-0.15, -0.1) is 11.3 Å². The fraction of sp³-hybridized carbons (Fsp3) is 0.600. The number of ether oxygens (including phenoxy) is 1. The average Bonchev–Trinajstić information content (AvgIpc) is 2.89. The van der Waals surface area contributed by atoms with Crippen LogP contribution in [0.2, 0.25) is 0 Å².